The highest BCUT2D eigenvalue weighted by Gasteiger charge is 2.71. The molecule has 13 heteroatoms. The van der Waals surface area contributed by atoms with Gasteiger partial charge in [0.05, 0.1) is 16.6 Å². The number of fused-ring (bicyclic) bond motifs is 1. The van der Waals surface area contributed by atoms with Crippen LogP contribution in [0.2, 0.25) is 0 Å². The second-order valence-corrected chi connectivity index (χ2v) is 9.84. The largest absolute Gasteiger partial charge is 0.430 e. The zero-order valence-corrected chi connectivity index (χ0v) is 18.4. The lowest BCUT2D eigenvalue weighted by atomic mass is 9.87. The molecule has 6 nitrogen and oxygen atoms in total. The first-order chi connectivity index (χ1) is 15.5. The van der Waals surface area contributed by atoms with Crippen LogP contribution < -0.4 is 10.0 Å². The van der Waals surface area contributed by atoms with Crippen molar-refractivity contribution in [1.29, 1.82) is 0 Å². The number of alkyl halides is 6. The predicted molar refractivity (Wildman–Crippen MR) is 109 cm³/mol. The summed E-state index contributed by atoms with van der Waals surface area (Å²) in [6.07, 6.45) is -12.8. The molecule has 3 rings (SSSR count). The minimum atomic E-state index is -6.09. The Morgan fingerprint density at radius 1 is 1.06 bits per heavy atom. The van der Waals surface area contributed by atoms with Gasteiger partial charge in [-0.15, -0.1) is 0 Å². The zero-order valence-electron chi connectivity index (χ0n) is 17.6. The van der Waals surface area contributed by atoms with Gasteiger partial charge in [-0.05, 0) is 43.5 Å². The molecule has 0 spiro atoms. The molecule has 0 unspecified atom stereocenters. The van der Waals surface area contributed by atoms with E-state index >= 15 is 0 Å². The van der Waals surface area contributed by atoms with E-state index in [0.29, 0.717) is 12.1 Å². The number of aryl methyl sites for hydroxylation is 2. The van der Waals surface area contributed by atoms with Gasteiger partial charge in [-0.3, -0.25) is 9.10 Å². The summed E-state index contributed by atoms with van der Waals surface area (Å²) >= 11 is 0. The standard InChI is InChI=1S/C21H20F6N2O4S/c1-12-2-7-16(8-3-12)34(32,33)29-15(11-18(28)30)6-4-13-10-14(5-9-17(13)29)19(31,20(22,23)24)21(25,26)27/h2-3,5,7-10,15,31H,4,6,11H2,1H3,(H2,28,30)/t15-/m0/s1. The topological polar surface area (TPSA) is 101 Å². The Labute approximate surface area is 191 Å². The fourth-order valence-electron chi connectivity index (χ4n) is 3.92. The highest BCUT2D eigenvalue weighted by molar-refractivity contribution is 7.92. The molecule has 3 N–H and O–H groups in total. The van der Waals surface area contributed by atoms with Crippen LogP contribution in [0.25, 0.3) is 0 Å². The van der Waals surface area contributed by atoms with Gasteiger partial charge in [-0.25, -0.2) is 8.42 Å². The van der Waals surface area contributed by atoms with E-state index in [1.165, 1.54) is 24.3 Å². The van der Waals surface area contributed by atoms with Crippen molar-refractivity contribution in [3.8, 4) is 0 Å². The third kappa shape index (κ3) is 4.33. The summed E-state index contributed by atoms with van der Waals surface area (Å²) in [5, 5.41) is 9.71. The Balaban J connectivity index is 2.20. The first-order valence-corrected chi connectivity index (χ1v) is 11.3. The average Bonchev–Trinajstić information content (AvgIpc) is 2.70. The number of hydrogen-bond acceptors (Lipinski definition) is 4. The number of primary amides is 1. The molecule has 2 aromatic rings. The minimum Gasteiger partial charge on any atom is -0.370 e. The number of carbonyl (C=O) groups is 1. The molecule has 1 heterocycles. The number of rotatable bonds is 5. The van der Waals surface area contributed by atoms with E-state index in [2.05, 4.69) is 0 Å². The normalized spacial score (nSPS) is 17.4. The van der Waals surface area contributed by atoms with Gasteiger partial charge >= 0.3 is 12.4 Å². The van der Waals surface area contributed by atoms with Crippen LogP contribution in [0, 0.1) is 6.92 Å². The maximum absolute atomic E-state index is 13.4. The summed E-state index contributed by atoms with van der Waals surface area (Å²) in [4.78, 5) is 11.4. The molecule has 0 aliphatic carbocycles. The summed E-state index contributed by atoms with van der Waals surface area (Å²) in [5.74, 6) is -0.835. The van der Waals surface area contributed by atoms with E-state index < -0.39 is 51.9 Å². The van der Waals surface area contributed by atoms with E-state index in [9.17, 15) is 44.7 Å². The van der Waals surface area contributed by atoms with Gasteiger partial charge in [0.25, 0.3) is 15.6 Å². The van der Waals surface area contributed by atoms with E-state index in [1.54, 1.807) is 6.92 Å². The molecule has 2 aromatic carbocycles. The first-order valence-electron chi connectivity index (χ1n) is 9.89. The third-order valence-corrected chi connectivity index (χ3v) is 7.53. The second-order valence-electron chi connectivity index (χ2n) is 8.03. The number of benzene rings is 2. The van der Waals surface area contributed by atoms with Crippen molar-refractivity contribution in [2.75, 3.05) is 4.31 Å². The highest BCUT2D eigenvalue weighted by Crippen LogP contribution is 2.51. The average molecular weight is 510 g/mol. The van der Waals surface area contributed by atoms with Crippen LogP contribution in [0.4, 0.5) is 32.0 Å². The number of amides is 1. The van der Waals surface area contributed by atoms with Gasteiger partial charge < -0.3 is 10.8 Å². The summed E-state index contributed by atoms with van der Waals surface area (Å²) in [7, 11) is -4.37. The molecule has 0 fully saturated rings. The molecular formula is C21H20F6N2O4S. The minimum absolute atomic E-state index is 0.0963. The first kappa shape index (κ1) is 25.8. The van der Waals surface area contributed by atoms with Crippen molar-refractivity contribution in [2.45, 2.75) is 55.1 Å². The molecule has 0 saturated carbocycles. The number of nitrogens with two attached hydrogens (primary N) is 1. The van der Waals surface area contributed by atoms with Gasteiger partial charge in [0.15, 0.2) is 0 Å². The Hall–Kier alpha value is -2.80. The van der Waals surface area contributed by atoms with Crippen molar-refractivity contribution in [1.82, 2.24) is 0 Å². The maximum Gasteiger partial charge on any atom is 0.430 e. The van der Waals surface area contributed by atoms with Crippen LogP contribution in [0.15, 0.2) is 47.4 Å². The molecule has 186 valence electrons. The number of carbonyl (C=O) groups excluding carboxylic acids is 1. The monoisotopic (exact) mass is 510 g/mol. The Bertz CT molecular complexity index is 1180. The third-order valence-electron chi connectivity index (χ3n) is 5.65. The molecule has 1 aliphatic heterocycles. The number of sulfonamides is 1. The second kappa shape index (κ2) is 8.45. The van der Waals surface area contributed by atoms with E-state index in [0.717, 1.165) is 15.9 Å². The lowest BCUT2D eigenvalue weighted by molar-refractivity contribution is -0.376. The van der Waals surface area contributed by atoms with Gasteiger partial charge in [0, 0.05) is 12.0 Å². The van der Waals surface area contributed by atoms with Crippen molar-refractivity contribution in [2.24, 2.45) is 5.73 Å². The van der Waals surface area contributed by atoms with Gasteiger partial charge in [-0.1, -0.05) is 29.8 Å². The molecule has 34 heavy (non-hydrogen) atoms. The van der Waals surface area contributed by atoms with Crippen molar-refractivity contribution in [3.05, 3.63) is 59.2 Å². The summed E-state index contributed by atoms with van der Waals surface area (Å²) in [5.41, 5.74) is -1.03. The molecule has 0 bridgehead atoms. The fourth-order valence-corrected chi connectivity index (χ4v) is 5.63. The smallest absolute Gasteiger partial charge is 0.370 e. The van der Waals surface area contributed by atoms with Gasteiger partial charge in [0.2, 0.25) is 5.91 Å². The summed E-state index contributed by atoms with van der Waals surface area (Å²) < 4.78 is 108. The zero-order chi connectivity index (χ0) is 25.7. The number of aliphatic hydroxyl groups is 1. The van der Waals surface area contributed by atoms with Crippen molar-refractivity contribution >= 4 is 21.6 Å². The lowest BCUT2D eigenvalue weighted by Gasteiger charge is -2.39. The molecule has 0 saturated heterocycles. The fraction of sp³-hybridized carbons (Fsp3) is 0.381. The predicted octanol–water partition coefficient (Wildman–Crippen LogP) is 3.69. The SMILES string of the molecule is Cc1ccc(S(=O)(=O)N2c3ccc(C(O)(C(F)(F)F)C(F)(F)F)cc3CC[C@H]2CC(N)=O)cc1. The van der Waals surface area contributed by atoms with Gasteiger partial charge in [-0.2, -0.15) is 26.3 Å². The summed E-state index contributed by atoms with van der Waals surface area (Å²) in [6.45, 7) is 1.71. The summed E-state index contributed by atoms with van der Waals surface area (Å²) in [6, 6.07) is 6.24. The Morgan fingerprint density at radius 3 is 2.12 bits per heavy atom. The van der Waals surface area contributed by atoms with E-state index in [-0.39, 0.29) is 29.0 Å². The quantitative estimate of drug-likeness (QED) is 0.600. The highest BCUT2D eigenvalue weighted by atomic mass is 32.2. The van der Waals surface area contributed by atoms with Crippen molar-refractivity contribution < 1.29 is 44.7 Å². The van der Waals surface area contributed by atoms with Crippen molar-refractivity contribution in [3.63, 3.8) is 0 Å². The number of hydrogen-bond donors (Lipinski definition) is 2. The van der Waals surface area contributed by atoms with Crippen LogP contribution >= 0.6 is 0 Å². The molecule has 1 amide bonds. The van der Waals surface area contributed by atoms with Crippen LogP contribution in [-0.4, -0.2) is 37.8 Å². The molecule has 0 aromatic heterocycles. The molecule has 1 atom stereocenters. The number of anilines is 1. The van der Waals surface area contributed by atoms with Crippen LogP contribution in [0.5, 0.6) is 0 Å². The van der Waals surface area contributed by atoms with Crippen LogP contribution in [0.1, 0.15) is 29.5 Å². The Kier molecular flexibility index (Phi) is 6.42. The molecular weight excluding hydrogens is 490 g/mol. The van der Waals surface area contributed by atoms with Gasteiger partial charge in [0.1, 0.15) is 0 Å². The maximum atomic E-state index is 13.4. The molecule has 1 aliphatic rings. The molecule has 0 radical (unpaired) electrons. The number of halogens is 6. The Morgan fingerprint density at radius 2 is 1.62 bits per heavy atom. The van der Waals surface area contributed by atoms with E-state index in [1.807, 2.05) is 0 Å². The van der Waals surface area contributed by atoms with Crippen LogP contribution in [0.3, 0.4) is 0 Å². The lowest BCUT2D eigenvalue weighted by Crippen LogP contribution is -2.54. The number of nitrogens with zero attached hydrogens (tertiary/aromatic N) is 1. The van der Waals surface area contributed by atoms with Crippen LogP contribution in [-0.2, 0) is 26.8 Å². The van der Waals surface area contributed by atoms with E-state index in [4.69, 9.17) is 5.73 Å².